The lowest BCUT2D eigenvalue weighted by atomic mass is 9.77. The molecule has 1 saturated heterocycles. The lowest BCUT2D eigenvalue weighted by Gasteiger charge is -2.32. The minimum absolute atomic E-state index is 0.187. The van der Waals surface area contributed by atoms with Crippen molar-refractivity contribution in [1.29, 1.82) is 0 Å². The second-order valence-corrected chi connectivity index (χ2v) is 7.11. The quantitative estimate of drug-likeness (QED) is 0.777. The molecule has 4 nitrogen and oxygen atoms in total. The number of hydrogen-bond acceptors (Lipinski definition) is 3. The number of allylic oxidation sites excluding steroid dienone is 1. The lowest BCUT2D eigenvalue weighted by Crippen LogP contribution is -2.45. The topological polar surface area (TPSA) is 46.6 Å². The summed E-state index contributed by atoms with van der Waals surface area (Å²) in [5.41, 5.74) is 0.649. The normalized spacial score (nSPS) is 22.6. The molecule has 0 N–H and O–H groups in total. The Morgan fingerprint density at radius 3 is 2.48 bits per heavy atom. The van der Waals surface area contributed by atoms with E-state index in [4.69, 9.17) is 4.74 Å². The van der Waals surface area contributed by atoms with Crippen molar-refractivity contribution in [3.05, 3.63) is 48.6 Å². The SMILES string of the molecule is C=CC[C@H](C(=O)N1C(=O)O[C@H](c2ccccc2)[C@@H]1C)C(C)(C)C. The van der Waals surface area contributed by atoms with Crippen LogP contribution in [0, 0.1) is 11.3 Å². The van der Waals surface area contributed by atoms with Gasteiger partial charge in [0, 0.05) is 5.92 Å². The van der Waals surface area contributed by atoms with E-state index < -0.39 is 12.2 Å². The van der Waals surface area contributed by atoms with E-state index in [1.165, 1.54) is 4.90 Å². The largest absolute Gasteiger partial charge is 0.439 e. The van der Waals surface area contributed by atoms with Crippen molar-refractivity contribution < 1.29 is 14.3 Å². The van der Waals surface area contributed by atoms with Crippen LogP contribution in [0.15, 0.2) is 43.0 Å². The molecule has 4 heteroatoms. The van der Waals surface area contributed by atoms with E-state index in [9.17, 15) is 9.59 Å². The zero-order valence-corrected chi connectivity index (χ0v) is 14.3. The first-order valence-corrected chi connectivity index (χ1v) is 7.97. The Labute approximate surface area is 138 Å². The van der Waals surface area contributed by atoms with Crippen LogP contribution < -0.4 is 0 Å². The van der Waals surface area contributed by atoms with Gasteiger partial charge in [-0.1, -0.05) is 57.2 Å². The number of rotatable bonds is 4. The van der Waals surface area contributed by atoms with E-state index in [1.807, 2.05) is 58.0 Å². The van der Waals surface area contributed by atoms with Gasteiger partial charge in [0.2, 0.25) is 5.91 Å². The summed E-state index contributed by atoms with van der Waals surface area (Å²) < 4.78 is 5.47. The van der Waals surface area contributed by atoms with E-state index >= 15 is 0 Å². The number of ether oxygens (including phenoxy) is 1. The number of benzene rings is 1. The van der Waals surface area contributed by atoms with Gasteiger partial charge >= 0.3 is 6.09 Å². The summed E-state index contributed by atoms with van der Waals surface area (Å²) in [6, 6.07) is 9.20. The maximum Gasteiger partial charge on any atom is 0.417 e. The van der Waals surface area contributed by atoms with E-state index in [0.717, 1.165) is 5.56 Å². The molecular weight excluding hydrogens is 290 g/mol. The van der Waals surface area contributed by atoms with Crippen molar-refractivity contribution in [2.45, 2.75) is 46.3 Å². The van der Waals surface area contributed by atoms with Crippen LogP contribution in [0.25, 0.3) is 0 Å². The summed E-state index contributed by atoms with van der Waals surface area (Å²) in [5, 5.41) is 0. The van der Waals surface area contributed by atoms with Crippen LogP contribution in [0.1, 0.15) is 45.8 Å². The number of imide groups is 1. The fourth-order valence-corrected chi connectivity index (χ4v) is 3.00. The molecular formula is C19H25NO3. The Balaban J connectivity index is 2.27. The molecule has 1 aliphatic rings. The Kier molecular flexibility index (Phi) is 4.93. The van der Waals surface area contributed by atoms with Gasteiger partial charge in [-0.15, -0.1) is 6.58 Å². The third kappa shape index (κ3) is 3.46. The molecule has 23 heavy (non-hydrogen) atoms. The summed E-state index contributed by atoms with van der Waals surface area (Å²) in [5.74, 6) is -0.488. The number of hydrogen-bond donors (Lipinski definition) is 0. The first kappa shape index (κ1) is 17.3. The molecule has 2 rings (SSSR count). The molecule has 1 fully saturated rings. The Morgan fingerprint density at radius 2 is 1.96 bits per heavy atom. The fourth-order valence-electron chi connectivity index (χ4n) is 3.00. The van der Waals surface area contributed by atoms with Gasteiger partial charge < -0.3 is 4.74 Å². The summed E-state index contributed by atoms with van der Waals surface area (Å²) in [7, 11) is 0. The molecule has 3 atom stereocenters. The number of amides is 2. The van der Waals surface area contributed by atoms with Crippen LogP contribution >= 0.6 is 0 Å². The van der Waals surface area contributed by atoms with Crippen molar-refractivity contribution in [2.75, 3.05) is 0 Å². The molecule has 1 aromatic rings. The van der Waals surface area contributed by atoms with Gasteiger partial charge in [0.1, 0.15) is 6.10 Å². The summed E-state index contributed by atoms with van der Waals surface area (Å²) in [4.78, 5) is 26.5. The van der Waals surface area contributed by atoms with Crippen molar-refractivity contribution in [3.8, 4) is 0 Å². The van der Waals surface area contributed by atoms with E-state index in [-0.39, 0.29) is 23.3 Å². The van der Waals surface area contributed by atoms with E-state index in [0.29, 0.717) is 6.42 Å². The highest BCUT2D eigenvalue weighted by Crippen LogP contribution is 2.37. The maximum absolute atomic E-state index is 13.0. The summed E-state index contributed by atoms with van der Waals surface area (Å²) in [6.07, 6.45) is 1.29. The minimum atomic E-state index is -0.560. The lowest BCUT2D eigenvalue weighted by molar-refractivity contribution is -0.136. The van der Waals surface area contributed by atoms with E-state index in [2.05, 4.69) is 6.58 Å². The highest BCUT2D eigenvalue weighted by Gasteiger charge is 2.46. The average Bonchev–Trinajstić information content (AvgIpc) is 2.79. The summed E-state index contributed by atoms with van der Waals surface area (Å²) in [6.45, 7) is 11.6. The number of carbonyl (C=O) groups is 2. The molecule has 0 saturated carbocycles. The van der Waals surface area contributed by atoms with Crippen LogP contribution in [-0.4, -0.2) is 22.9 Å². The first-order chi connectivity index (χ1) is 10.8. The predicted molar refractivity (Wildman–Crippen MR) is 89.7 cm³/mol. The summed E-state index contributed by atoms with van der Waals surface area (Å²) >= 11 is 0. The van der Waals surface area contributed by atoms with Crippen molar-refractivity contribution in [1.82, 2.24) is 4.90 Å². The van der Waals surface area contributed by atoms with Crippen LogP contribution in [-0.2, 0) is 9.53 Å². The van der Waals surface area contributed by atoms with Gasteiger partial charge in [-0.05, 0) is 24.3 Å². The van der Waals surface area contributed by atoms with Gasteiger partial charge in [-0.2, -0.15) is 0 Å². The smallest absolute Gasteiger partial charge is 0.417 e. The zero-order chi connectivity index (χ0) is 17.2. The molecule has 0 spiro atoms. The Hall–Kier alpha value is -2.10. The Morgan fingerprint density at radius 1 is 1.35 bits per heavy atom. The molecule has 124 valence electrons. The molecule has 0 aromatic heterocycles. The van der Waals surface area contributed by atoms with Crippen LogP contribution in [0.4, 0.5) is 4.79 Å². The van der Waals surface area contributed by atoms with Crippen molar-refractivity contribution in [3.63, 3.8) is 0 Å². The van der Waals surface area contributed by atoms with Crippen molar-refractivity contribution >= 4 is 12.0 Å². The highest BCUT2D eigenvalue weighted by molar-refractivity contribution is 5.95. The third-order valence-electron chi connectivity index (χ3n) is 4.38. The third-order valence-corrected chi connectivity index (χ3v) is 4.38. The van der Waals surface area contributed by atoms with Gasteiger partial charge in [-0.25, -0.2) is 9.69 Å². The molecule has 1 aliphatic heterocycles. The predicted octanol–water partition coefficient (Wildman–Crippen LogP) is 4.33. The van der Waals surface area contributed by atoms with Crippen LogP contribution in [0.5, 0.6) is 0 Å². The fraction of sp³-hybridized carbons (Fsp3) is 0.474. The van der Waals surface area contributed by atoms with Gasteiger partial charge in [0.05, 0.1) is 6.04 Å². The Bertz CT molecular complexity index is 588. The standard InChI is InChI=1S/C19H25NO3/c1-6-10-15(19(3,4)5)17(21)20-13(2)16(23-18(20)22)14-11-8-7-9-12-14/h6-9,11-13,15-16H,1,10H2,2-5H3/t13-,15+,16-/m0/s1. The molecule has 0 aliphatic carbocycles. The molecule has 0 unspecified atom stereocenters. The molecule has 0 bridgehead atoms. The van der Waals surface area contributed by atoms with Gasteiger partial charge in [-0.3, -0.25) is 4.79 Å². The first-order valence-electron chi connectivity index (χ1n) is 7.97. The van der Waals surface area contributed by atoms with E-state index in [1.54, 1.807) is 6.08 Å². The molecule has 0 radical (unpaired) electrons. The number of carbonyl (C=O) groups excluding carboxylic acids is 2. The highest BCUT2D eigenvalue weighted by atomic mass is 16.6. The average molecular weight is 315 g/mol. The van der Waals surface area contributed by atoms with Crippen LogP contribution in [0.2, 0.25) is 0 Å². The van der Waals surface area contributed by atoms with Crippen molar-refractivity contribution in [2.24, 2.45) is 11.3 Å². The second kappa shape index (κ2) is 6.57. The van der Waals surface area contributed by atoms with Crippen LogP contribution in [0.3, 0.4) is 0 Å². The maximum atomic E-state index is 13.0. The molecule has 2 amide bonds. The number of nitrogens with zero attached hydrogens (tertiary/aromatic N) is 1. The second-order valence-electron chi connectivity index (χ2n) is 7.11. The molecule has 1 heterocycles. The monoisotopic (exact) mass is 315 g/mol. The minimum Gasteiger partial charge on any atom is -0.439 e. The van der Waals surface area contributed by atoms with Gasteiger partial charge in [0.25, 0.3) is 0 Å². The number of cyclic esters (lactones) is 1. The zero-order valence-electron chi connectivity index (χ0n) is 14.3. The van der Waals surface area contributed by atoms with Gasteiger partial charge in [0.15, 0.2) is 0 Å². The molecule has 1 aromatic carbocycles.